The molecule has 1 fully saturated rings. The molecule has 0 saturated carbocycles. The number of sulfonamides is 1. The molecule has 1 amide bonds. The summed E-state index contributed by atoms with van der Waals surface area (Å²) in [6.45, 7) is 5.46. The molecular formula is C28H32ClN7O3S. The van der Waals surface area contributed by atoms with Crippen molar-refractivity contribution in [1.82, 2.24) is 19.5 Å². The third-order valence-electron chi connectivity index (χ3n) is 7.18. The van der Waals surface area contributed by atoms with Crippen LogP contribution in [0, 0.1) is 6.92 Å². The van der Waals surface area contributed by atoms with Crippen LogP contribution in [0.5, 0.6) is 0 Å². The molecule has 40 heavy (non-hydrogen) atoms. The molecule has 1 aliphatic heterocycles. The largest absolute Gasteiger partial charge is 0.355 e. The van der Waals surface area contributed by atoms with Crippen LogP contribution in [0.15, 0.2) is 54.7 Å². The molecule has 2 aromatic carbocycles. The van der Waals surface area contributed by atoms with Gasteiger partial charge in [-0.25, -0.2) is 17.9 Å². The number of anilines is 2. The Morgan fingerprint density at radius 1 is 1.23 bits per heavy atom. The van der Waals surface area contributed by atoms with Gasteiger partial charge in [-0.05, 0) is 44.0 Å². The Balaban J connectivity index is 1.61. The average Bonchev–Trinajstić information content (AvgIpc) is 3.50. The van der Waals surface area contributed by atoms with E-state index in [0.717, 1.165) is 48.3 Å². The summed E-state index contributed by atoms with van der Waals surface area (Å²) < 4.78 is 28.1. The summed E-state index contributed by atoms with van der Waals surface area (Å²) >= 11 is 6.20. The molecule has 2 aromatic heterocycles. The topological polar surface area (TPSA) is 126 Å². The van der Waals surface area contributed by atoms with E-state index in [2.05, 4.69) is 9.62 Å². The minimum atomic E-state index is -3.62. The first-order chi connectivity index (χ1) is 18.9. The van der Waals surface area contributed by atoms with Crippen molar-refractivity contribution < 1.29 is 13.2 Å². The average molecular weight is 582 g/mol. The molecule has 3 heterocycles. The molecule has 4 aromatic rings. The lowest BCUT2D eigenvalue weighted by Gasteiger charge is -2.25. The van der Waals surface area contributed by atoms with Gasteiger partial charge in [-0.15, -0.1) is 0 Å². The van der Waals surface area contributed by atoms with E-state index in [4.69, 9.17) is 27.4 Å². The van der Waals surface area contributed by atoms with Gasteiger partial charge < -0.3 is 15.5 Å². The summed E-state index contributed by atoms with van der Waals surface area (Å²) in [5.74, 6) is 0.463. The number of hydrogen-bond acceptors (Lipinski definition) is 7. The zero-order chi connectivity index (χ0) is 28.8. The van der Waals surface area contributed by atoms with Crippen molar-refractivity contribution >= 4 is 44.7 Å². The van der Waals surface area contributed by atoms with Crippen molar-refractivity contribution in [2.24, 2.45) is 5.73 Å². The van der Waals surface area contributed by atoms with E-state index in [-0.39, 0.29) is 17.3 Å². The van der Waals surface area contributed by atoms with Crippen molar-refractivity contribution in [3.63, 3.8) is 0 Å². The fourth-order valence-corrected chi connectivity index (χ4v) is 5.82. The Labute approximate surface area is 238 Å². The lowest BCUT2D eigenvalue weighted by atomic mass is 10.0. The standard InChI is InChI=1S/C28H32ClN7O3S/c1-17-15-36-27(31-26(17)35-13-12-21(30)16-35)24(19-8-6-5-7-9-19)25(32-36)18(2)34(3)28(37)22-14-20(29)10-11-23(22)33-40(4,38)39/h5-11,14-15,18,21,33H,12-13,16,30H2,1-4H3/t18-,21-/m0/s1. The molecule has 0 aliphatic carbocycles. The van der Waals surface area contributed by atoms with Gasteiger partial charge in [-0.2, -0.15) is 5.10 Å². The van der Waals surface area contributed by atoms with Gasteiger partial charge in [0, 0.05) is 43.0 Å². The molecule has 210 valence electrons. The maximum absolute atomic E-state index is 13.8. The van der Waals surface area contributed by atoms with Crippen LogP contribution in [0.4, 0.5) is 11.5 Å². The van der Waals surface area contributed by atoms with E-state index >= 15 is 0 Å². The minimum Gasteiger partial charge on any atom is -0.355 e. The predicted octanol–water partition coefficient (Wildman–Crippen LogP) is 4.10. The third kappa shape index (κ3) is 5.49. The van der Waals surface area contributed by atoms with E-state index in [9.17, 15) is 13.2 Å². The lowest BCUT2D eigenvalue weighted by Crippen LogP contribution is -2.31. The maximum atomic E-state index is 13.8. The highest BCUT2D eigenvalue weighted by Gasteiger charge is 2.30. The number of carbonyl (C=O) groups is 1. The van der Waals surface area contributed by atoms with Crippen molar-refractivity contribution in [1.29, 1.82) is 0 Å². The summed E-state index contributed by atoms with van der Waals surface area (Å²) in [4.78, 5) is 22.6. The molecule has 1 saturated heterocycles. The highest BCUT2D eigenvalue weighted by Crippen LogP contribution is 2.36. The van der Waals surface area contributed by atoms with Crippen LogP contribution in [0.1, 0.15) is 41.0 Å². The Hall–Kier alpha value is -3.67. The molecule has 0 unspecified atom stereocenters. The van der Waals surface area contributed by atoms with Crippen molar-refractivity contribution in [2.75, 3.05) is 36.0 Å². The van der Waals surface area contributed by atoms with E-state index in [1.807, 2.05) is 50.4 Å². The van der Waals surface area contributed by atoms with Gasteiger partial charge in [0.25, 0.3) is 5.91 Å². The van der Waals surface area contributed by atoms with Crippen LogP contribution < -0.4 is 15.4 Å². The number of benzene rings is 2. The number of nitrogens with two attached hydrogens (primary N) is 1. The Morgan fingerprint density at radius 2 is 1.95 bits per heavy atom. The van der Waals surface area contributed by atoms with Crippen molar-refractivity contribution in [3.8, 4) is 11.1 Å². The number of rotatable bonds is 7. The van der Waals surface area contributed by atoms with Gasteiger partial charge in [0.05, 0.1) is 34.8 Å². The summed E-state index contributed by atoms with van der Waals surface area (Å²) in [5.41, 5.74) is 10.5. The van der Waals surface area contributed by atoms with E-state index in [0.29, 0.717) is 16.4 Å². The summed E-state index contributed by atoms with van der Waals surface area (Å²) in [6.07, 6.45) is 3.90. The number of carbonyl (C=O) groups excluding carboxylic acids is 1. The molecule has 12 heteroatoms. The first-order valence-corrected chi connectivity index (χ1v) is 15.2. The second-order valence-corrected chi connectivity index (χ2v) is 12.5. The van der Waals surface area contributed by atoms with Gasteiger partial charge in [0.2, 0.25) is 10.0 Å². The van der Waals surface area contributed by atoms with Crippen molar-refractivity contribution in [2.45, 2.75) is 32.4 Å². The molecule has 0 radical (unpaired) electrons. The molecule has 1 aliphatic rings. The third-order valence-corrected chi connectivity index (χ3v) is 8.01. The quantitative estimate of drug-likeness (QED) is 0.336. The molecule has 2 atom stereocenters. The highest BCUT2D eigenvalue weighted by atomic mass is 35.5. The number of hydrogen-bond donors (Lipinski definition) is 2. The SMILES string of the molecule is Cc1cn2nc([C@H](C)N(C)C(=O)c3cc(Cl)ccc3NS(C)(=O)=O)c(-c3ccccc3)c2nc1N1CC[C@H](N)C1. The zero-order valence-corrected chi connectivity index (χ0v) is 24.4. The Morgan fingerprint density at radius 3 is 2.60 bits per heavy atom. The monoisotopic (exact) mass is 581 g/mol. The Bertz CT molecular complexity index is 1690. The summed E-state index contributed by atoms with van der Waals surface area (Å²) in [5, 5.41) is 5.22. The fourth-order valence-electron chi connectivity index (χ4n) is 5.07. The smallest absolute Gasteiger partial charge is 0.256 e. The van der Waals surface area contributed by atoms with Crippen LogP contribution in [0.2, 0.25) is 5.02 Å². The predicted molar refractivity (Wildman–Crippen MR) is 158 cm³/mol. The first-order valence-electron chi connectivity index (χ1n) is 12.9. The zero-order valence-electron chi connectivity index (χ0n) is 22.8. The van der Waals surface area contributed by atoms with Crippen LogP contribution in [-0.4, -0.2) is 66.3 Å². The Kier molecular flexibility index (Phi) is 7.47. The number of fused-ring (bicyclic) bond motifs is 1. The second-order valence-electron chi connectivity index (χ2n) is 10.3. The number of nitrogens with zero attached hydrogens (tertiary/aromatic N) is 5. The van der Waals surface area contributed by atoms with Crippen LogP contribution >= 0.6 is 11.6 Å². The molecule has 5 rings (SSSR count). The summed E-state index contributed by atoms with van der Waals surface area (Å²) in [6, 6.07) is 13.9. The van der Waals surface area contributed by atoms with E-state index in [1.165, 1.54) is 23.1 Å². The van der Waals surface area contributed by atoms with Crippen LogP contribution in [0.3, 0.4) is 0 Å². The van der Waals surface area contributed by atoms with E-state index in [1.54, 1.807) is 11.6 Å². The molecule has 0 bridgehead atoms. The van der Waals surface area contributed by atoms with Gasteiger partial charge in [0.15, 0.2) is 5.65 Å². The van der Waals surface area contributed by atoms with Gasteiger partial charge in [-0.1, -0.05) is 41.9 Å². The number of aromatic nitrogens is 3. The summed E-state index contributed by atoms with van der Waals surface area (Å²) in [7, 11) is -1.96. The number of halogens is 1. The van der Waals surface area contributed by atoms with E-state index < -0.39 is 22.0 Å². The maximum Gasteiger partial charge on any atom is 0.256 e. The molecular weight excluding hydrogens is 550 g/mol. The number of nitrogens with one attached hydrogen (secondary N) is 1. The molecule has 10 nitrogen and oxygen atoms in total. The number of amides is 1. The normalized spacial score (nSPS) is 16.4. The van der Waals surface area contributed by atoms with Crippen molar-refractivity contribution in [3.05, 3.63) is 76.6 Å². The van der Waals surface area contributed by atoms with Gasteiger partial charge in [-0.3, -0.25) is 9.52 Å². The van der Waals surface area contributed by atoms with Gasteiger partial charge in [0.1, 0.15) is 5.82 Å². The molecule has 3 N–H and O–H groups in total. The second kappa shape index (κ2) is 10.7. The van der Waals surface area contributed by atoms with Crippen LogP contribution in [0.25, 0.3) is 16.8 Å². The number of aryl methyl sites for hydroxylation is 1. The fraction of sp³-hybridized carbons (Fsp3) is 0.321. The minimum absolute atomic E-state index is 0.111. The first kappa shape index (κ1) is 27.9. The lowest BCUT2D eigenvalue weighted by molar-refractivity contribution is 0.0741. The highest BCUT2D eigenvalue weighted by molar-refractivity contribution is 7.92. The van der Waals surface area contributed by atoms with Gasteiger partial charge >= 0.3 is 0 Å². The van der Waals surface area contributed by atoms with Crippen LogP contribution in [-0.2, 0) is 10.0 Å². The molecule has 0 spiro atoms.